The maximum Gasteiger partial charge on any atom is 0.280 e. The van der Waals surface area contributed by atoms with Crippen molar-refractivity contribution in [1.29, 1.82) is 0 Å². The number of imidazole rings is 1. The van der Waals surface area contributed by atoms with Crippen LogP contribution < -0.4 is 0 Å². The van der Waals surface area contributed by atoms with Gasteiger partial charge in [0.15, 0.2) is 5.03 Å². The Kier molecular flexibility index (Phi) is 3.99. The van der Waals surface area contributed by atoms with Crippen LogP contribution in [0.3, 0.4) is 0 Å². The first kappa shape index (κ1) is 13.8. The standard InChI is InChI=1S/C11H17ClN2O3S/c1-3-10-13-11(18(12,15)16)7-14(10)6-9-5-4-8(2)17-9/h7-9H,3-6H2,1-2H3. The van der Waals surface area contributed by atoms with Crippen LogP contribution in [-0.4, -0.2) is 30.2 Å². The van der Waals surface area contributed by atoms with Crippen LogP contribution in [0.2, 0.25) is 0 Å². The van der Waals surface area contributed by atoms with Crippen molar-refractivity contribution in [1.82, 2.24) is 9.55 Å². The van der Waals surface area contributed by atoms with Gasteiger partial charge in [-0.25, -0.2) is 13.4 Å². The van der Waals surface area contributed by atoms with Crippen molar-refractivity contribution < 1.29 is 13.2 Å². The average molecular weight is 293 g/mol. The summed E-state index contributed by atoms with van der Waals surface area (Å²) in [7, 11) is 1.55. The molecule has 0 amide bonds. The monoisotopic (exact) mass is 292 g/mol. The van der Waals surface area contributed by atoms with Crippen molar-refractivity contribution in [2.24, 2.45) is 0 Å². The second-order valence-electron chi connectivity index (χ2n) is 4.59. The van der Waals surface area contributed by atoms with E-state index < -0.39 is 9.05 Å². The van der Waals surface area contributed by atoms with Crippen LogP contribution >= 0.6 is 10.7 Å². The lowest BCUT2D eigenvalue weighted by Crippen LogP contribution is -2.17. The smallest absolute Gasteiger partial charge is 0.280 e. The summed E-state index contributed by atoms with van der Waals surface area (Å²) in [5.41, 5.74) is 0. The summed E-state index contributed by atoms with van der Waals surface area (Å²) >= 11 is 0. The molecule has 0 aliphatic carbocycles. The number of nitrogens with zero attached hydrogens (tertiary/aromatic N) is 2. The molecule has 7 heteroatoms. The van der Waals surface area contributed by atoms with Crippen molar-refractivity contribution >= 4 is 19.7 Å². The first-order valence-corrected chi connectivity index (χ1v) is 8.37. The van der Waals surface area contributed by atoms with E-state index in [4.69, 9.17) is 15.4 Å². The van der Waals surface area contributed by atoms with Gasteiger partial charge in [-0.1, -0.05) is 6.92 Å². The molecule has 1 saturated heterocycles. The molecule has 5 nitrogen and oxygen atoms in total. The van der Waals surface area contributed by atoms with Crippen molar-refractivity contribution in [2.45, 2.75) is 56.9 Å². The number of aryl methyl sites for hydroxylation is 1. The van der Waals surface area contributed by atoms with E-state index in [9.17, 15) is 8.42 Å². The van der Waals surface area contributed by atoms with Gasteiger partial charge in [-0.15, -0.1) is 0 Å². The van der Waals surface area contributed by atoms with Gasteiger partial charge in [-0.05, 0) is 19.8 Å². The van der Waals surface area contributed by atoms with Crippen LogP contribution in [0, 0.1) is 0 Å². The minimum atomic E-state index is -3.76. The molecule has 1 fully saturated rings. The quantitative estimate of drug-likeness (QED) is 0.796. The van der Waals surface area contributed by atoms with Gasteiger partial charge in [0.05, 0.1) is 18.8 Å². The second-order valence-corrected chi connectivity index (χ2v) is 7.10. The summed E-state index contributed by atoms with van der Waals surface area (Å²) in [6, 6.07) is 0. The summed E-state index contributed by atoms with van der Waals surface area (Å²) in [6.07, 6.45) is 4.60. The SMILES string of the molecule is CCc1nc(S(=O)(=O)Cl)cn1CC1CCC(C)O1. The third-order valence-electron chi connectivity index (χ3n) is 3.12. The summed E-state index contributed by atoms with van der Waals surface area (Å²) in [4.78, 5) is 4.05. The maximum absolute atomic E-state index is 11.3. The van der Waals surface area contributed by atoms with Crippen LogP contribution in [-0.2, 0) is 26.8 Å². The molecule has 0 aromatic carbocycles. The molecule has 18 heavy (non-hydrogen) atoms. The van der Waals surface area contributed by atoms with E-state index >= 15 is 0 Å². The highest BCUT2D eigenvalue weighted by Crippen LogP contribution is 2.22. The minimum Gasteiger partial charge on any atom is -0.373 e. The van der Waals surface area contributed by atoms with E-state index in [1.54, 1.807) is 0 Å². The van der Waals surface area contributed by atoms with Crippen LogP contribution in [0.25, 0.3) is 0 Å². The fourth-order valence-electron chi connectivity index (χ4n) is 2.22. The lowest BCUT2D eigenvalue weighted by molar-refractivity contribution is 0.0453. The zero-order chi connectivity index (χ0) is 13.3. The van der Waals surface area contributed by atoms with Crippen LogP contribution in [0.1, 0.15) is 32.5 Å². The highest BCUT2D eigenvalue weighted by atomic mass is 35.7. The zero-order valence-electron chi connectivity index (χ0n) is 10.5. The number of rotatable bonds is 4. The second kappa shape index (κ2) is 5.19. The van der Waals surface area contributed by atoms with Gasteiger partial charge in [-0.2, -0.15) is 0 Å². The first-order valence-electron chi connectivity index (χ1n) is 6.06. The summed E-state index contributed by atoms with van der Waals surface area (Å²) < 4.78 is 30.1. The predicted molar refractivity (Wildman–Crippen MR) is 68.2 cm³/mol. The first-order chi connectivity index (χ1) is 8.40. The van der Waals surface area contributed by atoms with Gasteiger partial charge in [0.2, 0.25) is 0 Å². The molecule has 1 aliphatic heterocycles. The highest BCUT2D eigenvalue weighted by molar-refractivity contribution is 8.13. The van der Waals surface area contributed by atoms with Gasteiger partial charge in [0, 0.05) is 23.3 Å². The Morgan fingerprint density at radius 3 is 2.78 bits per heavy atom. The molecule has 1 aromatic heterocycles. The molecule has 0 radical (unpaired) electrons. The largest absolute Gasteiger partial charge is 0.373 e. The number of halogens is 1. The molecule has 0 N–H and O–H groups in total. The third kappa shape index (κ3) is 3.05. The van der Waals surface area contributed by atoms with E-state index in [1.165, 1.54) is 6.20 Å². The molecule has 1 aliphatic rings. The van der Waals surface area contributed by atoms with E-state index in [1.807, 2.05) is 18.4 Å². The van der Waals surface area contributed by atoms with Gasteiger partial charge in [0.1, 0.15) is 5.82 Å². The lowest BCUT2D eigenvalue weighted by Gasteiger charge is -2.13. The Labute approximate surface area is 112 Å². The summed E-state index contributed by atoms with van der Waals surface area (Å²) in [5, 5.41) is -0.0768. The highest BCUT2D eigenvalue weighted by Gasteiger charge is 2.24. The van der Waals surface area contributed by atoms with E-state index in [0.29, 0.717) is 13.0 Å². The van der Waals surface area contributed by atoms with Gasteiger partial charge >= 0.3 is 0 Å². The molecule has 2 rings (SSSR count). The zero-order valence-corrected chi connectivity index (χ0v) is 12.0. The topological polar surface area (TPSA) is 61.2 Å². The van der Waals surface area contributed by atoms with Gasteiger partial charge in [0.25, 0.3) is 9.05 Å². The molecule has 102 valence electrons. The predicted octanol–water partition coefficient (Wildman–Crippen LogP) is 1.94. The molecule has 2 unspecified atom stereocenters. The molecule has 0 bridgehead atoms. The van der Waals surface area contributed by atoms with Crippen molar-refractivity contribution in [3.8, 4) is 0 Å². The summed E-state index contributed by atoms with van der Waals surface area (Å²) in [6.45, 7) is 4.61. The molecule has 2 heterocycles. The Morgan fingerprint density at radius 1 is 1.56 bits per heavy atom. The maximum atomic E-state index is 11.3. The summed E-state index contributed by atoms with van der Waals surface area (Å²) in [5.74, 6) is 0.720. The van der Waals surface area contributed by atoms with Crippen LogP contribution in [0.15, 0.2) is 11.2 Å². The Hall–Kier alpha value is -0.590. The van der Waals surface area contributed by atoms with E-state index in [0.717, 1.165) is 18.7 Å². The van der Waals surface area contributed by atoms with E-state index in [2.05, 4.69) is 4.98 Å². The fraction of sp³-hybridized carbons (Fsp3) is 0.727. The normalized spacial score (nSPS) is 24.6. The molecule has 2 atom stereocenters. The third-order valence-corrected chi connectivity index (χ3v) is 4.29. The number of hydrogen-bond acceptors (Lipinski definition) is 4. The van der Waals surface area contributed by atoms with Crippen molar-refractivity contribution in [2.75, 3.05) is 0 Å². The molecular formula is C11H17ClN2O3S. The average Bonchev–Trinajstić information content (AvgIpc) is 2.85. The Balaban J connectivity index is 2.19. The van der Waals surface area contributed by atoms with Gasteiger partial charge in [-0.3, -0.25) is 0 Å². The number of ether oxygens (including phenoxy) is 1. The molecule has 0 spiro atoms. The molecule has 1 aromatic rings. The Bertz CT molecular complexity index is 526. The fourth-order valence-corrected chi connectivity index (χ4v) is 2.92. The van der Waals surface area contributed by atoms with Gasteiger partial charge < -0.3 is 9.30 Å². The Morgan fingerprint density at radius 2 is 2.28 bits per heavy atom. The lowest BCUT2D eigenvalue weighted by atomic mass is 10.2. The molecule has 0 saturated carbocycles. The van der Waals surface area contributed by atoms with Crippen molar-refractivity contribution in [3.05, 3.63) is 12.0 Å². The van der Waals surface area contributed by atoms with E-state index in [-0.39, 0.29) is 17.2 Å². The number of hydrogen-bond donors (Lipinski definition) is 0. The van der Waals surface area contributed by atoms with Crippen LogP contribution in [0.4, 0.5) is 0 Å². The molecular weight excluding hydrogens is 276 g/mol. The van der Waals surface area contributed by atoms with Crippen molar-refractivity contribution in [3.63, 3.8) is 0 Å². The van der Waals surface area contributed by atoms with Crippen LogP contribution in [0.5, 0.6) is 0 Å². The minimum absolute atomic E-state index is 0.0768. The number of aromatic nitrogens is 2.